The number of nitrogens with one attached hydrogen (secondary N) is 2. The molecule has 0 aliphatic carbocycles. The smallest absolute Gasteiger partial charge is 0.261 e. The molecule has 0 aromatic heterocycles. The molecular weight excluding hydrogens is 558 g/mol. The van der Waals surface area contributed by atoms with Crippen molar-refractivity contribution in [2.45, 2.75) is 37.5 Å². The minimum Gasteiger partial charge on any atom is -0.326 e. The summed E-state index contributed by atoms with van der Waals surface area (Å²) in [4.78, 5) is 13.0. The number of anilines is 2. The molecule has 0 saturated carbocycles. The average Bonchev–Trinajstić information content (AvgIpc) is 2.92. The van der Waals surface area contributed by atoms with Crippen LogP contribution in [0.15, 0.2) is 77.7 Å². The fourth-order valence-corrected chi connectivity index (χ4v) is 7.40. The second kappa shape index (κ2) is 12.5. The predicted molar refractivity (Wildman–Crippen MR) is 155 cm³/mol. The molecule has 1 amide bonds. The number of piperidine rings is 1. The number of benzene rings is 3. The van der Waals surface area contributed by atoms with E-state index in [-0.39, 0.29) is 23.1 Å². The average molecular weight is 590 g/mol. The summed E-state index contributed by atoms with van der Waals surface area (Å²) in [5.74, 6) is -0.740. The summed E-state index contributed by atoms with van der Waals surface area (Å²) in [6, 6.07) is 20.6. The van der Waals surface area contributed by atoms with Gasteiger partial charge in [0.1, 0.15) is 0 Å². The zero-order valence-corrected chi connectivity index (χ0v) is 24.0. The Morgan fingerprint density at radius 2 is 1.69 bits per heavy atom. The highest BCUT2D eigenvalue weighted by Crippen LogP contribution is 2.26. The molecule has 1 aliphatic rings. The Hall–Kier alpha value is -2.92. The number of sulfonamides is 2. The summed E-state index contributed by atoms with van der Waals surface area (Å²) >= 11 is 6.09. The van der Waals surface area contributed by atoms with E-state index in [9.17, 15) is 21.6 Å². The summed E-state index contributed by atoms with van der Waals surface area (Å²) in [6.07, 6.45) is 2.37. The summed E-state index contributed by atoms with van der Waals surface area (Å²) in [5.41, 5.74) is 2.53. The number of amides is 1. The van der Waals surface area contributed by atoms with E-state index in [1.54, 1.807) is 25.1 Å². The highest BCUT2D eigenvalue weighted by molar-refractivity contribution is 7.92. The van der Waals surface area contributed by atoms with Crippen LogP contribution < -0.4 is 10.0 Å². The standard InChI is InChI=1S/C28H32ClN3O5S2/c1-21-26(29)12-5-13-27(21)31-39(36,37)25-16-14-24(15-17-25)30-28(33)23-11-6-18-32(20-23)38(34,35)19-7-10-22-8-3-2-4-9-22/h2-5,8-9,12-17,23,31H,6-7,10-11,18-20H2,1H3,(H,30,33)/t23-/m0/s1. The Bertz CT molecular complexity index is 1510. The monoisotopic (exact) mass is 589 g/mol. The molecule has 0 radical (unpaired) electrons. The highest BCUT2D eigenvalue weighted by atomic mass is 35.5. The third-order valence-corrected chi connectivity index (χ3v) is 10.5. The van der Waals surface area contributed by atoms with Crippen LogP contribution in [0.1, 0.15) is 30.4 Å². The van der Waals surface area contributed by atoms with E-state index in [0.717, 1.165) is 5.56 Å². The van der Waals surface area contributed by atoms with Gasteiger partial charge in [0.2, 0.25) is 15.9 Å². The van der Waals surface area contributed by atoms with Crippen molar-refractivity contribution >= 4 is 48.9 Å². The molecule has 208 valence electrons. The number of carbonyl (C=O) groups excluding carboxylic acids is 1. The van der Waals surface area contributed by atoms with Gasteiger partial charge in [0, 0.05) is 23.8 Å². The lowest BCUT2D eigenvalue weighted by Gasteiger charge is -2.31. The van der Waals surface area contributed by atoms with Crippen LogP contribution in [0.4, 0.5) is 11.4 Å². The molecule has 3 aromatic rings. The van der Waals surface area contributed by atoms with Gasteiger partial charge in [-0.25, -0.2) is 21.1 Å². The Kier molecular flexibility index (Phi) is 9.32. The molecular formula is C28H32ClN3O5S2. The van der Waals surface area contributed by atoms with Crippen LogP contribution >= 0.6 is 11.6 Å². The number of aryl methyl sites for hydroxylation is 1. The molecule has 1 saturated heterocycles. The molecule has 2 N–H and O–H groups in total. The molecule has 1 aliphatic heterocycles. The largest absolute Gasteiger partial charge is 0.326 e. The maximum absolute atomic E-state index is 13.0. The molecule has 4 rings (SSSR count). The normalized spacial score (nSPS) is 16.5. The van der Waals surface area contributed by atoms with E-state index in [0.29, 0.717) is 54.2 Å². The van der Waals surface area contributed by atoms with Gasteiger partial charge in [-0.2, -0.15) is 0 Å². The van der Waals surface area contributed by atoms with Gasteiger partial charge < -0.3 is 5.32 Å². The lowest BCUT2D eigenvalue weighted by Crippen LogP contribution is -2.44. The Morgan fingerprint density at radius 3 is 2.41 bits per heavy atom. The number of carbonyl (C=O) groups is 1. The summed E-state index contributed by atoms with van der Waals surface area (Å²) < 4.78 is 55.5. The number of hydrogen-bond donors (Lipinski definition) is 2. The molecule has 11 heteroatoms. The summed E-state index contributed by atoms with van der Waals surface area (Å²) in [5, 5.41) is 3.25. The van der Waals surface area contributed by atoms with E-state index in [1.165, 1.54) is 28.6 Å². The fourth-order valence-electron chi connectivity index (χ4n) is 4.53. The van der Waals surface area contributed by atoms with Crippen molar-refractivity contribution in [3.8, 4) is 0 Å². The fraction of sp³-hybridized carbons (Fsp3) is 0.321. The van der Waals surface area contributed by atoms with Crippen LogP contribution in [-0.2, 0) is 31.3 Å². The molecule has 0 spiro atoms. The van der Waals surface area contributed by atoms with Crippen molar-refractivity contribution in [2.75, 3.05) is 28.9 Å². The van der Waals surface area contributed by atoms with Crippen molar-refractivity contribution < 1.29 is 21.6 Å². The molecule has 1 atom stereocenters. The van der Waals surface area contributed by atoms with Gasteiger partial charge in [-0.05, 0) is 80.1 Å². The van der Waals surface area contributed by atoms with Gasteiger partial charge in [0.05, 0.1) is 22.3 Å². The van der Waals surface area contributed by atoms with Crippen molar-refractivity contribution in [1.29, 1.82) is 0 Å². The Morgan fingerprint density at radius 1 is 0.974 bits per heavy atom. The Labute approximate surface area is 235 Å². The first kappa shape index (κ1) is 29.1. The maximum atomic E-state index is 13.0. The van der Waals surface area contributed by atoms with Crippen LogP contribution in [0.2, 0.25) is 5.02 Å². The van der Waals surface area contributed by atoms with Crippen LogP contribution in [0.25, 0.3) is 0 Å². The van der Waals surface area contributed by atoms with Crippen LogP contribution in [0.5, 0.6) is 0 Å². The molecule has 1 heterocycles. The molecule has 8 nitrogen and oxygen atoms in total. The van der Waals surface area contributed by atoms with E-state index in [1.807, 2.05) is 30.3 Å². The van der Waals surface area contributed by atoms with Gasteiger partial charge in [-0.15, -0.1) is 0 Å². The van der Waals surface area contributed by atoms with Gasteiger partial charge in [-0.3, -0.25) is 9.52 Å². The van der Waals surface area contributed by atoms with Crippen molar-refractivity contribution in [3.63, 3.8) is 0 Å². The third-order valence-electron chi connectivity index (χ3n) is 6.80. The molecule has 39 heavy (non-hydrogen) atoms. The summed E-state index contributed by atoms with van der Waals surface area (Å²) in [6.45, 7) is 2.26. The number of hydrogen-bond acceptors (Lipinski definition) is 5. The topological polar surface area (TPSA) is 113 Å². The zero-order valence-electron chi connectivity index (χ0n) is 21.6. The quantitative estimate of drug-likeness (QED) is 0.343. The first-order valence-electron chi connectivity index (χ1n) is 12.8. The second-order valence-corrected chi connectivity index (χ2v) is 13.8. The first-order chi connectivity index (χ1) is 18.5. The molecule has 3 aromatic carbocycles. The van der Waals surface area contributed by atoms with Crippen LogP contribution in [0.3, 0.4) is 0 Å². The van der Waals surface area contributed by atoms with Crippen molar-refractivity contribution in [1.82, 2.24) is 4.31 Å². The minimum atomic E-state index is -3.86. The zero-order chi connectivity index (χ0) is 28.0. The molecule has 0 bridgehead atoms. The Balaban J connectivity index is 1.33. The SMILES string of the molecule is Cc1c(Cl)cccc1NS(=O)(=O)c1ccc(NC(=O)[C@H]2CCCN(S(=O)(=O)CCCc3ccccc3)C2)cc1. The minimum absolute atomic E-state index is 0.0327. The molecule has 1 fully saturated rings. The van der Waals surface area contributed by atoms with Crippen LogP contribution in [0, 0.1) is 12.8 Å². The maximum Gasteiger partial charge on any atom is 0.261 e. The first-order valence-corrected chi connectivity index (χ1v) is 16.2. The third kappa shape index (κ3) is 7.60. The van der Waals surface area contributed by atoms with Crippen molar-refractivity contribution in [3.05, 3.63) is 88.9 Å². The van der Waals surface area contributed by atoms with E-state index < -0.39 is 26.0 Å². The molecule has 0 unspecified atom stereocenters. The van der Waals surface area contributed by atoms with Gasteiger partial charge >= 0.3 is 0 Å². The van der Waals surface area contributed by atoms with Gasteiger partial charge in [0.15, 0.2) is 0 Å². The lowest BCUT2D eigenvalue weighted by molar-refractivity contribution is -0.120. The van der Waals surface area contributed by atoms with Crippen molar-refractivity contribution in [2.24, 2.45) is 5.92 Å². The van der Waals surface area contributed by atoms with Gasteiger partial charge in [0.25, 0.3) is 10.0 Å². The number of halogens is 1. The van der Waals surface area contributed by atoms with E-state index in [2.05, 4.69) is 10.0 Å². The van der Waals surface area contributed by atoms with E-state index >= 15 is 0 Å². The number of rotatable bonds is 10. The van der Waals surface area contributed by atoms with E-state index in [4.69, 9.17) is 11.6 Å². The highest BCUT2D eigenvalue weighted by Gasteiger charge is 2.32. The summed E-state index contributed by atoms with van der Waals surface area (Å²) in [7, 11) is -7.34. The second-order valence-electron chi connectivity index (χ2n) is 9.63. The lowest BCUT2D eigenvalue weighted by atomic mass is 9.99. The van der Waals surface area contributed by atoms with Crippen LogP contribution in [-0.4, -0.2) is 45.9 Å². The van der Waals surface area contributed by atoms with Gasteiger partial charge in [-0.1, -0.05) is 48.0 Å². The predicted octanol–water partition coefficient (Wildman–Crippen LogP) is 5.06. The number of nitrogens with zero attached hydrogens (tertiary/aromatic N) is 1.